The summed E-state index contributed by atoms with van der Waals surface area (Å²) in [6.45, 7) is 22.0. The van der Waals surface area contributed by atoms with Crippen molar-refractivity contribution in [3.63, 3.8) is 0 Å². The zero-order valence-electron chi connectivity index (χ0n) is 27.3. The van der Waals surface area contributed by atoms with Gasteiger partial charge in [0.15, 0.2) is 22.8 Å². The van der Waals surface area contributed by atoms with E-state index in [2.05, 4.69) is 52.8 Å². The van der Waals surface area contributed by atoms with Crippen LogP contribution in [0.2, 0.25) is 0 Å². The Hall–Kier alpha value is -2.49. The Morgan fingerprint density at radius 3 is 1.93 bits per heavy atom. The average molecular weight is 551 g/mol. The summed E-state index contributed by atoms with van der Waals surface area (Å²) in [7, 11) is 1.58. The molecular formula is C36H54O4. The van der Waals surface area contributed by atoms with Gasteiger partial charge in [0, 0.05) is 11.5 Å². The number of carbonyl (C=O) groups excluding carboxylic acids is 3. The summed E-state index contributed by atoms with van der Waals surface area (Å²) in [5, 5.41) is 0. The molecule has 1 saturated carbocycles. The van der Waals surface area contributed by atoms with Gasteiger partial charge in [0.25, 0.3) is 0 Å². The van der Waals surface area contributed by atoms with Gasteiger partial charge in [-0.2, -0.15) is 0 Å². The number of fused-ring (bicyclic) bond motifs is 2. The second kappa shape index (κ2) is 13.0. The molecule has 222 valence electrons. The summed E-state index contributed by atoms with van der Waals surface area (Å²) in [5.74, 6) is -0.869. The molecule has 0 heterocycles. The van der Waals surface area contributed by atoms with Gasteiger partial charge in [-0.15, -0.1) is 0 Å². The SMILES string of the molecule is COC1=C(CC=C(C)C)C(=O)[C@@]2(C(=O)C(C)C)C(=O)[C@]1(CC=C(C)C)C[C@H](CC=C(C)C)[C@@]2(C)CCC=C(C)C. The van der Waals surface area contributed by atoms with Crippen LogP contribution in [0.1, 0.15) is 115 Å². The minimum Gasteiger partial charge on any atom is -0.500 e. The van der Waals surface area contributed by atoms with Crippen molar-refractivity contribution in [1.82, 2.24) is 0 Å². The maximum absolute atomic E-state index is 15.2. The van der Waals surface area contributed by atoms with Crippen LogP contribution in [0.15, 0.2) is 57.9 Å². The fourth-order valence-corrected chi connectivity index (χ4v) is 7.01. The monoisotopic (exact) mass is 550 g/mol. The van der Waals surface area contributed by atoms with E-state index >= 15 is 9.59 Å². The number of ether oxygens (including phenoxy) is 1. The van der Waals surface area contributed by atoms with Gasteiger partial charge in [0.2, 0.25) is 0 Å². The number of carbonyl (C=O) groups is 3. The number of rotatable bonds is 12. The van der Waals surface area contributed by atoms with Crippen LogP contribution in [0.25, 0.3) is 0 Å². The Kier molecular flexibility index (Phi) is 11.0. The van der Waals surface area contributed by atoms with Gasteiger partial charge in [-0.05, 0) is 105 Å². The molecule has 0 unspecified atom stereocenters. The van der Waals surface area contributed by atoms with Crippen molar-refractivity contribution in [2.45, 2.75) is 115 Å². The lowest BCUT2D eigenvalue weighted by Gasteiger charge is -2.61. The van der Waals surface area contributed by atoms with Gasteiger partial charge in [0.05, 0.1) is 12.5 Å². The van der Waals surface area contributed by atoms with Crippen LogP contribution < -0.4 is 0 Å². The van der Waals surface area contributed by atoms with Gasteiger partial charge >= 0.3 is 0 Å². The lowest BCUT2D eigenvalue weighted by Crippen LogP contribution is -2.71. The molecule has 4 heteroatoms. The highest BCUT2D eigenvalue weighted by Gasteiger charge is 2.76. The number of allylic oxidation sites excluding steroid dienone is 10. The Morgan fingerprint density at radius 1 is 0.900 bits per heavy atom. The van der Waals surface area contributed by atoms with Gasteiger partial charge < -0.3 is 4.74 Å². The molecule has 2 aliphatic carbocycles. The van der Waals surface area contributed by atoms with Crippen LogP contribution in [0.5, 0.6) is 0 Å². The average Bonchev–Trinajstić information content (AvgIpc) is 2.84. The predicted octanol–water partition coefficient (Wildman–Crippen LogP) is 9.08. The maximum atomic E-state index is 15.2. The minimum atomic E-state index is -1.75. The number of methoxy groups -OCH3 is 1. The zero-order chi connectivity index (χ0) is 30.6. The molecule has 0 aromatic carbocycles. The molecule has 4 nitrogen and oxygen atoms in total. The predicted molar refractivity (Wildman–Crippen MR) is 166 cm³/mol. The lowest BCUT2D eigenvalue weighted by atomic mass is 9.38. The van der Waals surface area contributed by atoms with Gasteiger partial charge in [-0.1, -0.05) is 67.4 Å². The molecule has 0 aromatic rings. The smallest absolute Gasteiger partial charge is 0.184 e. The molecule has 2 bridgehead atoms. The highest BCUT2D eigenvalue weighted by molar-refractivity contribution is 6.33. The third-order valence-corrected chi connectivity index (χ3v) is 9.15. The van der Waals surface area contributed by atoms with Gasteiger partial charge in [-0.25, -0.2) is 0 Å². The van der Waals surface area contributed by atoms with Crippen molar-refractivity contribution in [2.75, 3.05) is 7.11 Å². The fourth-order valence-electron chi connectivity index (χ4n) is 7.01. The van der Waals surface area contributed by atoms with E-state index in [1.165, 1.54) is 11.1 Å². The van der Waals surface area contributed by atoms with Crippen LogP contribution in [-0.4, -0.2) is 24.5 Å². The first-order valence-electron chi connectivity index (χ1n) is 15.0. The van der Waals surface area contributed by atoms with Crippen LogP contribution >= 0.6 is 0 Å². The molecule has 1 fully saturated rings. The second-order valence-electron chi connectivity index (χ2n) is 13.6. The first kappa shape index (κ1) is 33.7. The van der Waals surface area contributed by atoms with Gasteiger partial charge in [0.1, 0.15) is 5.76 Å². The van der Waals surface area contributed by atoms with E-state index in [0.29, 0.717) is 49.9 Å². The highest BCUT2D eigenvalue weighted by Crippen LogP contribution is 2.67. The molecule has 0 N–H and O–H groups in total. The molecule has 2 rings (SSSR count). The molecular weight excluding hydrogens is 496 g/mol. The number of hydrogen-bond donors (Lipinski definition) is 0. The van der Waals surface area contributed by atoms with Crippen molar-refractivity contribution in [1.29, 1.82) is 0 Å². The summed E-state index contributed by atoms with van der Waals surface area (Å²) in [6, 6.07) is 0. The van der Waals surface area contributed by atoms with Crippen LogP contribution in [-0.2, 0) is 19.1 Å². The quantitative estimate of drug-likeness (QED) is 0.180. The number of ketones is 3. The van der Waals surface area contributed by atoms with E-state index < -0.39 is 22.2 Å². The lowest BCUT2D eigenvalue weighted by molar-refractivity contribution is -0.180. The Balaban J connectivity index is 3.14. The van der Waals surface area contributed by atoms with Crippen molar-refractivity contribution in [2.24, 2.45) is 28.1 Å². The first-order valence-corrected chi connectivity index (χ1v) is 15.0. The van der Waals surface area contributed by atoms with Crippen molar-refractivity contribution < 1.29 is 19.1 Å². The molecule has 0 radical (unpaired) electrons. The second-order valence-corrected chi connectivity index (χ2v) is 13.6. The van der Waals surface area contributed by atoms with Crippen LogP contribution in [0.3, 0.4) is 0 Å². The van der Waals surface area contributed by atoms with Crippen molar-refractivity contribution in [3.8, 4) is 0 Å². The van der Waals surface area contributed by atoms with E-state index in [1.54, 1.807) is 7.11 Å². The number of Topliss-reactive ketones (excluding diaryl/α,β-unsaturated/α-hetero) is 3. The molecule has 0 amide bonds. The van der Waals surface area contributed by atoms with E-state index in [-0.39, 0.29) is 23.3 Å². The zero-order valence-corrected chi connectivity index (χ0v) is 27.3. The third-order valence-electron chi connectivity index (χ3n) is 9.15. The summed E-state index contributed by atoms with van der Waals surface area (Å²) in [4.78, 5) is 44.9. The molecule has 2 aliphatic rings. The maximum Gasteiger partial charge on any atom is 0.184 e. The molecule has 0 saturated heterocycles. The summed E-state index contributed by atoms with van der Waals surface area (Å²) < 4.78 is 6.08. The Bertz CT molecular complexity index is 1160. The molecule has 40 heavy (non-hydrogen) atoms. The Labute approximate surface area is 244 Å². The standard InChI is InChI=1S/C36H54O4/c1-23(2)14-13-20-34(11)28(17-15-24(3)4)22-35(21-19-26(7)8)32(40-12)29(18-16-25(5)6)31(38)36(34,33(35)39)30(37)27(9)10/h14-16,19,27-28H,13,17-18,20-22H2,1-12H3/t28-,34+,35+,36-/m0/s1. The highest BCUT2D eigenvalue weighted by atomic mass is 16.5. The Morgan fingerprint density at radius 2 is 1.45 bits per heavy atom. The minimum absolute atomic E-state index is 0.0574. The van der Waals surface area contributed by atoms with E-state index in [4.69, 9.17) is 4.74 Å². The molecule has 0 spiro atoms. The van der Waals surface area contributed by atoms with Gasteiger partial charge in [-0.3, -0.25) is 14.4 Å². The normalized spacial score (nSPS) is 27.8. The van der Waals surface area contributed by atoms with Crippen LogP contribution in [0, 0.1) is 28.1 Å². The van der Waals surface area contributed by atoms with E-state index in [1.807, 2.05) is 47.6 Å². The molecule has 0 aromatic heterocycles. The molecule has 4 atom stereocenters. The largest absolute Gasteiger partial charge is 0.500 e. The van der Waals surface area contributed by atoms with Crippen molar-refractivity contribution in [3.05, 3.63) is 57.9 Å². The van der Waals surface area contributed by atoms with Crippen molar-refractivity contribution >= 4 is 17.3 Å². The topological polar surface area (TPSA) is 60.4 Å². The third kappa shape index (κ3) is 5.92. The summed E-state index contributed by atoms with van der Waals surface area (Å²) in [5.41, 5.74) is 1.39. The van der Waals surface area contributed by atoms with E-state index in [9.17, 15) is 4.79 Å². The summed E-state index contributed by atoms with van der Waals surface area (Å²) >= 11 is 0. The molecule has 0 aliphatic heterocycles. The number of hydrogen-bond acceptors (Lipinski definition) is 4. The fraction of sp³-hybridized carbons (Fsp3) is 0.639. The summed E-state index contributed by atoms with van der Waals surface area (Å²) in [6.07, 6.45) is 11.8. The van der Waals surface area contributed by atoms with Crippen LogP contribution in [0.4, 0.5) is 0 Å². The first-order chi connectivity index (χ1) is 18.5. The van der Waals surface area contributed by atoms with E-state index in [0.717, 1.165) is 11.1 Å².